The zero-order valence-corrected chi connectivity index (χ0v) is 12.1. The first-order valence-electron chi connectivity index (χ1n) is 7.68. The molecule has 1 nitrogen and oxygen atoms in total. The van der Waals surface area contributed by atoms with Gasteiger partial charge in [-0.05, 0) is 28.7 Å². The summed E-state index contributed by atoms with van der Waals surface area (Å²) in [6.45, 7) is 0.291. The third kappa shape index (κ3) is 1.50. The quantitative estimate of drug-likeness (QED) is 0.559. The van der Waals surface area contributed by atoms with Crippen LogP contribution in [0.3, 0.4) is 0 Å². The fourth-order valence-electron chi connectivity index (χ4n) is 3.72. The maximum Gasteiger partial charge on any atom is 0.320 e. The molecule has 0 spiro atoms. The van der Waals surface area contributed by atoms with Gasteiger partial charge in [0.25, 0.3) is 0 Å². The second kappa shape index (κ2) is 4.38. The van der Waals surface area contributed by atoms with E-state index < -0.39 is 0 Å². The van der Waals surface area contributed by atoms with Gasteiger partial charge in [-0.3, -0.25) is 0 Å². The number of hydrogen-bond donors (Lipinski definition) is 0. The Labute approximate surface area is 130 Å². The monoisotopic (exact) mass is 279 g/mol. The molecule has 0 N–H and O–H groups in total. The van der Waals surface area contributed by atoms with Crippen molar-refractivity contribution < 1.29 is 0 Å². The second-order valence-electron chi connectivity index (χ2n) is 5.85. The van der Waals surface area contributed by atoms with Crippen LogP contribution in [0.2, 0.25) is 0 Å². The van der Waals surface area contributed by atoms with Crippen molar-refractivity contribution in [1.82, 2.24) is 0 Å². The maximum atomic E-state index is 2.40. The fourth-order valence-corrected chi connectivity index (χ4v) is 3.72. The topological polar surface area (TPSA) is 3.24 Å². The molecular weight excluding hydrogens is 265 g/mol. The molecule has 0 aliphatic carbocycles. The summed E-state index contributed by atoms with van der Waals surface area (Å²) in [6.07, 6.45) is 6.47. The van der Waals surface area contributed by atoms with E-state index in [2.05, 4.69) is 89.8 Å². The second-order valence-corrected chi connectivity index (χ2v) is 5.85. The summed E-state index contributed by atoms with van der Waals surface area (Å²) < 4.78 is 0. The van der Waals surface area contributed by atoms with Crippen LogP contribution in [0.1, 0.15) is 0 Å². The third-order valence-corrected chi connectivity index (χ3v) is 4.68. The highest BCUT2D eigenvalue weighted by atomic mass is 15.1. The first kappa shape index (κ1) is 11.9. The van der Waals surface area contributed by atoms with Gasteiger partial charge < -0.3 is 4.81 Å². The zero-order valence-electron chi connectivity index (χ0n) is 12.1. The SMILES string of the molecule is C1=CB2c3ccccc3-c3ccc4ccccc4c3N2C=C1. The van der Waals surface area contributed by atoms with E-state index in [1.165, 1.54) is 33.0 Å². The molecule has 2 aliphatic rings. The lowest BCUT2D eigenvalue weighted by atomic mass is 9.49. The van der Waals surface area contributed by atoms with E-state index >= 15 is 0 Å². The van der Waals surface area contributed by atoms with Gasteiger partial charge in [0.05, 0.1) is 0 Å². The molecule has 102 valence electrons. The molecule has 3 aromatic rings. The number of rotatable bonds is 0. The van der Waals surface area contributed by atoms with E-state index in [1.807, 2.05) is 0 Å². The van der Waals surface area contributed by atoms with Gasteiger partial charge in [-0.25, -0.2) is 0 Å². The van der Waals surface area contributed by atoms with Gasteiger partial charge >= 0.3 is 6.85 Å². The molecule has 0 saturated carbocycles. The Kier molecular flexibility index (Phi) is 2.36. The van der Waals surface area contributed by atoms with Crippen molar-refractivity contribution in [3.8, 4) is 11.1 Å². The van der Waals surface area contributed by atoms with Crippen LogP contribution in [0.4, 0.5) is 5.69 Å². The van der Waals surface area contributed by atoms with Crippen LogP contribution in [0.15, 0.2) is 85.0 Å². The van der Waals surface area contributed by atoms with Gasteiger partial charge in [0, 0.05) is 16.6 Å². The summed E-state index contributed by atoms with van der Waals surface area (Å²) in [6, 6.07) is 21.9. The van der Waals surface area contributed by atoms with Crippen molar-refractivity contribution in [2.24, 2.45) is 0 Å². The Morgan fingerprint density at radius 2 is 1.59 bits per heavy atom. The molecule has 0 aromatic heterocycles. The lowest BCUT2D eigenvalue weighted by Gasteiger charge is -2.37. The van der Waals surface area contributed by atoms with Crippen LogP contribution in [0, 0.1) is 0 Å². The minimum absolute atomic E-state index is 0.291. The Hall–Kier alpha value is -2.74. The Morgan fingerprint density at radius 1 is 0.727 bits per heavy atom. The lowest BCUT2D eigenvalue weighted by molar-refractivity contribution is 1.38. The summed E-state index contributed by atoms with van der Waals surface area (Å²) in [7, 11) is 0. The van der Waals surface area contributed by atoms with E-state index in [0.29, 0.717) is 6.85 Å². The molecule has 3 aromatic carbocycles. The van der Waals surface area contributed by atoms with Crippen LogP contribution in [0.5, 0.6) is 0 Å². The van der Waals surface area contributed by atoms with E-state index in [4.69, 9.17) is 0 Å². The molecule has 0 radical (unpaired) electrons. The normalized spacial score (nSPS) is 14.7. The molecule has 0 fully saturated rings. The van der Waals surface area contributed by atoms with Crippen molar-refractivity contribution in [2.45, 2.75) is 0 Å². The largest absolute Gasteiger partial charge is 0.382 e. The van der Waals surface area contributed by atoms with Crippen LogP contribution in [0.25, 0.3) is 21.9 Å². The molecule has 2 aliphatic heterocycles. The minimum Gasteiger partial charge on any atom is -0.382 e. The van der Waals surface area contributed by atoms with Crippen LogP contribution < -0.4 is 10.3 Å². The maximum absolute atomic E-state index is 2.40. The van der Waals surface area contributed by atoms with E-state index in [1.54, 1.807) is 0 Å². The van der Waals surface area contributed by atoms with Crippen LogP contribution in [-0.4, -0.2) is 6.85 Å². The fraction of sp³-hybridized carbons (Fsp3) is 0. The van der Waals surface area contributed by atoms with Crippen LogP contribution in [-0.2, 0) is 0 Å². The average molecular weight is 279 g/mol. The molecule has 0 amide bonds. The van der Waals surface area contributed by atoms with Crippen LogP contribution >= 0.6 is 0 Å². The van der Waals surface area contributed by atoms with Gasteiger partial charge in [-0.2, -0.15) is 0 Å². The van der Waals surface area contributed by atoms with Crippen molar-refractivity contribution >= 4 is 28.8 Å². The molecule has 2 heterocycles. The number of allylic oxidation sites excluding steroid dienone is 2. The molecule has 0 bridgehead atoms. The summed E-state index contributed by atoms with van der Waals surface area (Å²) in [4.78, 5) is 2.40. The molecule has 0 atom stereocenters. The standard InChI is InChI=1S/C20H14BN/c1-2-8-16-15(7-1)11-12-18-17-9-3-4-10-19(17)21-13-5-6-14-22(21)20(16)18/h1-14H. The number of anilines is 1. The molecular formula is C20H14BN. The van der Waals surface area contributed by atoms with Gasteiger partial charge in [0.15, 0.2) is 0 Å². The molecule has 0 saturated heterocycles. The highest BCUT2D eigenvalue weighted by Crippen LogP contribution is 2.41. The van der Waals surface area contributed by atoms with E-state index in [-0.39, 0.29) is 0 Å². The zero-order chi connectivity index (χ0) is 14.5. The van der Waals surface area contributed by atoms with Gasteiger partial charge in [-0.15, -0.1) is 0 Å². The molecule has 22 heavy (non-hydrogen) atoms. The number of nitrogens with zero attached hydrogens (tertiary/aromatic N) is 1. The Bertz CT molecular complexity index is 955. The van der Waals surface area contributed by atoms with Crippen molar-refractivity contribution in [1.29, 1.82) is 0 Å². The summed E-state index contributed by atoms with van der Waals surface area (Å²) in [5.41, 5.74) is 5.38. The smallest absolute Gasteiger partial charge is 0.320 e. The summed E-state index contributed by atoms with van der Waals surface area (Å²) in [5, 5.41) is 2.61. The summed E-state index contributed by atoms with van der Waals surface area (Å²) >= 11 is 0. The predicted molar refractivity (Wildman–Crippen MR) is 95.5 cm³/mol. The first-order chi connectivity index (χ1) is 10.9. The number of fused-ring (bicyclic) bond motifs is 8. The molecule has 0 unspecified atom stereocenters. The van der Waals surface area contributed by atoms with Crippen molar-refractivity contribution in [3.05, 3.63) is 85.0 Å². The summed E-state index contributed by atoms with van der Waals surface area (Å²) in [5.74, 6) is 2.28. The molecule has 2 heteroatoms. The number of hydrogen-bond acceptors (Lipinski definition) is 1. The highest BCUT2D eigenvalue weighted by molar-refractivity contribution is 6.84. The van der Waals surface area contributed by atoms with Crippen molar-refractivity contribution in [2.75, 3.05) is 4.81 Å². The predicted octanol–water partition coefficient (Wildman–Crippen LogP) is 4.15. The Balaban J connectivity index is 1.93. The first-order valence-corrected chi connectivity index (χ1v) is 7.68. The lowest BCUT2D eigenvalue weighted by Crippen LogP contribution is -2.49. The third-order valence-electron chi connectivity index (χ3n) is 4.68. The number of benzene rings is 3. The van der Waals surface area contributed by atoms with Gasteiger partial charge in [0.2, 0.25) is 0 Å². The van der Waals surface area contributed by atoms with Gasteiger partial charge in [-0.1, -0.05) is 72.7 Å². The van der Waals surface area contributed by atoms with Crippen molar-refractivity contribution in [3.63, 3.8) is 0 Å². The van der Waals surface area contributed by atoms with E-state index in [9.17, 15) is 0 Å². The van der Waals surface area contributed by atoms with Gasteiger partial charge in [0.1, 0.15) is 0 Å². The average Bonchev–Trinajstić information content (AvgIpc) is 2.61. The minimum atomic E-state index is 0.291. The Morgan fingerprint density at radius 3 is 2.59 bits per heavy atom. The van der Waals surface area contributed by atoms with E-state index in [0.717, 1.165) is 0 Å². The highest BCUT2D eigenvalue weighted by Gasteiger charge is 2.33. The molecule has 5 rings (SSSR count).